The first kappa shape index (κ1) is 15.3. The van der Waals surface area contributed by atoms with Crippen molar-refractivity contribution >= 4 is 21.7 Å². The fraction of sp³-hybridized carbons (Fsp3) is 0.846. The van der Waals surface area contributed by atoms with Gasteiger partial charge in [-0.05, 0) is 31.6 Å². The lowest BCUT2D eigenvalue weighted by Crippen LogP contribution is -2.43. The predicted octanol–water partition coefficient (Wildman–Crippen LogP) is -0.0748. The van der Waals surface area contributed by atoms with Gasteiger partial charge in [-0.2, -0.15) is 0 Å². The number of piperidine rings is 1. The third-order valence-electron chi connectivity index (χ3n) is 4.21. The zero-order chi connectivity index (χ0) is 14.8. The van der Waals surface area contributed by atoms with Gasteiger partial charge in [-0.25, -0.2) is 8.42 Å². The molecule has 2 N–H and O–H groups in total. The molecular formula is C13H22N2O4S. The Morgan fingerprint density at radius 2 is 2.00 bits per heavy atom. The molecule has 2 amide bonds. The SMILES string of the molecule is NC(=O)CCC1CCCN(C(=O)C2CCS(=O)(=O)C2)C1. The first-order valence-electron chi connectivity index (χ1n) is 7.15. The Hall–Kier alpha value is -1.11. The number of carbonyl (C=O) groups is 2. The summed E-state index contributed by atoms with van der Waals surface area (Å²) in [6.07, 6.45) is 3.42. The Kier molecular flexibility index (Phi) is 4.67. The molecule has 0 aromatic rings. The summed E-state index contributed by atoms with van der Waals surface area (Å²) in [5.74, 6) is -0.283. The fourth-order valence-electron chi connectivity index (χ4n) is 3.10. The lowest BCUT2D eigenvalue weighted by Gasteiger charge is -2.34. The lowest BCUT2D eigenvalue weighted by molar-refractivity contribution is -0.136. The van der Waals surface area contributed by atoms with Crippen LogP contribution in [0.15, 0.2) is 0 Å². The van der Waals surface area contributed by atoms with Crippen LogP contribution >= 0.6 is 0 Å². The Labute approximate surface area is 119 Å². The minimum Gasteiger partial charge on any atom is -0.370 e. The summed E-state index contributed by atoms with van der Waals surface area (Å²) in [5.41, 5.74) is 5.15. The van der Waals surface area contributed by atoms with Crippen LogP contribution in [-0.2, 0) is 19.4 Å². The van der Waals surface area contributed by atoms with Gasteiger partial charge >= 0.3 is 0 Å². The molecule has 0 spiro atoms. The molecule has 0 aromatic heterocycles. The number of nitrogens with two attached hydrogens (primary N) is 1. The first-order chi connectivity index (χ1) is 9.37. The molecule has 0 aliphatic carbocycles. The van der Waals surface area contributed by atoms with Crippen molar-refractivity contribution in [2.24, 2.45) is 17.6 Å². The third kappa shape index (κ3) is 3.94. The van der Waals surface area contributed by atoms with Crippen molar-refractivity contribution in [1.29, 1.82) is 0 Å². The number of likely N-dealkylation sites (tertiary alicyclic amines) is 1. The number of nitrogens with zero attached hydrogens (tertiary/aromatic N) is 1. The van der Waals surface area contributed by atoms with Crippen molar-refractivity contribution in [1.82, 2.24) is 4.90 Å². The van der Waals surface area contributed by atoms with Crippen LogP contribution in [-0.4, -0.2) is 49.7 Å². The molecule has 2 fully saturated rings. The molecule has 20 heavy (non-hydrogen) atoms. The molecule has 2 atom stereocenters. The minimum atomic E-state index is -3.02. The standard InChI is InChI=1S/C13H22N2O4S/c14-12(16)4-3-10-2-1-6-15(8-10)13(17)11-5-7-20(18,19)9-11/h10-11H,1-9H2,(H2,14,16). The molecule has 0 aromatic carbocycles. The summed E-state index contributed by atoms with van der Waals surface area (Å²) in [7, 11) is -3.02. The molecule has 2 aliphatic heterocycles. The summed E-state index contributed by atoms with van der Waals surface area (Å²) in [6.45, 7) is 1.32. The van der Waals surface area contributed by atoms with Crippen LogP contribution < -0.4 is 5.73 Å². The van der Waals surface area contributed by atoms with Crippen molar-refractivity contribution in [3.8, 4) is 0 Å². The van der Waals surface area contributed by atoms with E-state index in [1.54, 1.807) is 4.90 Å². The van der Waals surface area contributed by atoms with E-state index in [1.807, 2.05) is 0 Å². The maximum absolute atomic E-state index is 12.3. The summed E-state index contributed by atoms with van der Waals surface area (Å²) in [5, 5.41) is 0. The van der Waals surface area contributed by atoms with Gasteiger partial charge < -0.3 is 10.6 Å². The molecular weight excluding hydrogens is 280 g/mol. The molecule has 0 radical (unpaired) electrons. The number of rotatable bonds is 4. The van der Waals surface area contributed by atoms with Crippen LogP contribution in [0.25, 0.3) is 0 Å². The largest absolute Gasteiger partial charge is 0.370 e. The van der Waals surface area contributed by atoms with Crippen LogP contribution in [0, 0.1) is 11.8 Å². The van der Waals surface area contributed by atoms with Crippen molar-refractivity contribution < 1.29 is 18.0 Å². The molecule has 114 valence electrons. The van der Waals surface area contributed by atoms with Gasteiger partial charge in [0, 0.05) is 19.5 Å². The van der Waals surface area contributed by atoms with Gasteiger partial charge in [-0.15, -0.1) is 0 Å². The summed E-state index contributed by atoms with van der Waals surface area (Å²) in [4.78, 5) is 24.9. The van der Waals surface area contributed by atoms with Crippen LogP contribution in [0.2, 0.25) is 0 Å². The Bertz CT molecular complexity index is 489. The number of carbonyl (C=O) groups excluding carboxylic acids is 2. The van der Waals surface area contributed by atoms with Gasteiger partial charge in [-0.1, -0.05) is 0 Å². The predicted molar refractivity (Wildman–Crippen MR) is 74.5 cm³/mol. The third-order valence-corrected chi connectivity index (χ3v) is 5.98. The zero-order valence-electron chi connectivity index (χ0n) is 11.6. The molecule has 2 heterocycles. The summed E-state index contributed by atoms with van der Waals surface area (Å²) < 4.78 is 22.9. The van der Waals surface area contributed by atoms with Crippen molar-refractivity contribution in [2.75, 3.05) is 24.6 Å². The minimum absolute atomic E-state index is 0.00567. The van der Waals surface area contributed by atoms with E-state index in [4.69, 9.17) is 5.73 Å². The summed E-state index contributed by atoms with van der Waals surface area (Å²) in [6, 6.07) is 0. The number of amides is 2. The van der Waals surface area contributed by atoms with Gasteiger partial charge in [0.05, 0.1) is 17.4 Å². The highest BCUT2D eigenvalue weighted by atomic mass is 32.2. The average molecular weight is 302 g/mol. The second-order valence-corrected chi connectivity index (χ2v) is 8.13. The van der Waals surface area contributed by atoms with Crippen LogP contribution in [0.1, 0.15) is 32.1 Å². The number of hydrogen-bond acceptors (Lipinski definition) is 4. The monoisotopic (exact) mass is 302 g/mol. The van der Waals surface area contributed by atoms with E-state index >= 15 is 0 Å². The fourth-order valence-corrected chi connectivity index (χ4v) is 4.83. The van der Waals surface area contributed by atoms with Gasteiger partial charge in [0.15, 0.2) is 9.84 Å². The highest BCUT2D eigenvalue weighted by molar-refractivity contribution is 7.91. The average Bonchev–Trinajstić information content (AvgIpc) is 2.76. The highest BCUT2D eigenvalue weighted by Gasteiger charge is 2.36. The Morgan fingerprint density at radius 3 is 2.60 bits per heavy atom. The Balaban J connectivity index is 1.88. The van der Waals surface area contributed by atoms with Gasteiger partial charge in [0.2, 0.25) is 11.8 Å². The number of sulfone groups is 1. The molecule has 7 heteroatoms. The smallest absolute Gasteiger partial charge is 0.226 e. The van der Waals surface area contributed by atoms with Gasteiger partial charge in [-0.3, -0.25) is 9.59 Å². The highest BCUT2D eigenvalue weighted by Crippen LogP contribution is 2.26. The molecule has 2 aliphatic rings. The van der Waals surface area contributed by atoms with E-state index in [0.29, 0.717) is 38.3 Å². The van der Waals surface area contributed by atoms with E-state index in [-0.39, 0.29) is 29.2 Å². The van der Waals surface area contributed by atoms with E-state index in [9.17, 15) is 18.0 Å². The van der Waals surface area contributed by atoms with Crippen molar-refractivity contribution in [2.45, 2.75) is 32.1 Å². The molecule has 2 rings (SSSR count). The Morgan fingerprint density at radius 1 is 1.25 bits per heavy atom. The molecule has 0 saturated carbocycles. The van der Waals surface area contributed by atoms with Crippen LogP contribution in [0.3, 0.4) is 0 Å². The van der Waals surface area contributed by atoms with Gasteiger partial charge in [0.25, 0.3) is 0 Å². The molecule has 2 unspecified atom stereocenters. The summed E-state index contributed by atoms with van der Waals surface area (Å²) >= 11 is 0. The lowest BCUT2D eigenvalue weighted by atomic mass is 9.92. The quantitative estimate of drug-likeness (QED) is 0.785. The number of hydrogen-bond donors (Lipinski definition) is 1. The van der Waals surface area contributed by atoms with E-state index in [1.165, 1.54) is 0 Å². The van der Waals surface area contributed by atoms with E-state index in [2.05, 4.69) is 0 Å². The van der Waals surface area contributed by atoms with E-state index < -0.39 is 9.84 Å². The topological polar surface area (TPSA) is 97.5 Å². The molecule has 6 nitrogen and oxygen atoms in total. The van der Waals surface area contributed by atoms with Crippen LogP contribution in [0.5, 0.6) is 0 Å². The molecule has 0 bridgehead atoms. The first-order valence-corrected chi connectivity index (χ1v) is 8.97. The molecule has 2 saturated heterocycles. The van der Waals surface area contributed by atoms with Crippen LogP contribution in [0.4, 0.5) is 0 Å². The maximum atomic E-state index is 12.3. The van der Waals surface area contributed by atoms with Crippen molar-refractivity contribution in [3.63, 3.8) is 0 Å². The van der Waals surface area contributed by atoms with Gasteiger partial charge in [0.1, 0.15) is 0 Å². The van der Waals surface area contributed by atoms with Crippen molar-refractivity contribution in [3.05, 3.63) is 0 Å². The zero-order valence-corrected chi connectivity index (χ0v) is 12.4. The van der Waals surface area contributed by atoms with E-state index in [0.717, 1.165) is 12.8 Å². The second-order valence-electron chi connectivity index (χ2n) is 5.90. The maximum Gasteiger partial charge on any atom is 0.226 e. The normalized spacial score (nSPS) is 29.3. The second kappa shape index (κ2) is 6.11. The number of primary amides is 1.